The monoisotopic (exact) mass is 482 g/mol. The molecule has 0 aliphatic heterocycles. The van der Waals surface area contributed by atoms with Gasteiger partial charge in [-0.1, -0.05) is 23.7 Å². The van der Waals surface area contributed by atoms with Crippen molar-refractivity contribution in [2.24, 2.45) is 0 Å². The van der Waals surface area contributed by atoms with Crippen molar-refractivity contribution in [3.05, 3.63) is 119 Å². The molecule has 0 N–H and O–H groups in total. The molecule has 5 rings (SSSR count). The molecule has 0 atom stereocenters. The average Bonchev–Trinajstić information content (AvgIpc) is 3.46. The van der Waals surface area contributed by atoms with Crippen LogP contribution >= 0.6 is 0 Å². The first kappa shape index (κ1) is 23.5. The number of methoxy groups -OCH3 is 2. The second-order valence-electron chi connectivity index (χ2n) is 8.02. The van der Waals surface area contributed by atoms with Gasteiger partial charge < -0.3 is 13.9 Å². The van der Waals surface area contributed by atoms with E-state index in [-0.39, 0.29) is 0 Å². The van der Waals surface area contributed by atoms with Crippen LogP contribution in [0.3, 0.4) is 0 Å². The predicted molar refractivity (Wildman–Crippen MR) is 143 cm³/mol. The Morgan fingerprint density at radius 1 is 0.459 bits per heavy atom. The van der Waals surface area contributed by atoms with E-state index in [1.54, 1.807) is 14.2 Å². The largest absolute Gasteiger partial charge is 0.497 e. The van der Waals surface area contributed by atoms with Crippen molar-refractivity contribution < 1.29 is 13.9 Å². The summed E-state index contributed by atoms with van der Waals surface area (Å²) in [4.78, 5) is 0. The van der Waals surface area contributed by atoms with Crippen molar-refractivity contribution >= 4 is 0 Å². The zero-order chi connectivity index (χ0) is 25.5. The van der Waals surface area contributed by atoms with Gasteiger partial charge in [0.25, 0.3) is 0 Å². The summed E-state index contributed by atoms with van der Waals surface area (Å²) in [5, 5.41) is 8.42. The molecule has 5 nitrogen and oxygen atoms in total. The topological polar surface area (TPSA) is 57.4 Å². The number of ether oxygens (including phenoxy) is 2. The Kier molecular flexibility index (Phi) is 6.97. The third-order valence-electron chi connectivity index (χ3n) is 5.57. The van der Waals surface area contributed by atoms with E-state index in [1.165, 1.54) is 0 Å². The average molecular weight is 483 g/mol. The van der Waals surface area contributed by atoms with Gasteiger partial charge in [0.15, 0.2) is 0 Å². The Labute approximate surface area is 215 Å². The number of aromatic nitrogens is 2. The smallest absolute Gasteiger partial charge is 0.248 e. The van der Waals surface area contributed by atoms with E-state index in [2.05, 4.69) is 33.9 Å². The maximum absolute atomic E-state index is 5.92. The van der Waals surface area contributed by atoms with E-state index in [0.717, 1.165) is 44.9 Å². The van der Waals surface area contributed by atoms with Crippen LogP contribution in [-0.2, 0) is 0 Å². The number of hydrogen-bond acceptors (Lipinski definition) is 5. The standard InChI is InChI=1S/C32H22N2O3/c1-35-29-19-11-25(12-20-29)5-3-23-7-15-27(16-8-23)31-33-34-32(37-31)28-17-9-24(10-18-28)4-6-26-13-21-30(36-2)22-14-26/h7-22H,1-2H3. The van der Waals surface area contributed by atoms with Gasteiger partial charge in [0.05, 0.1) is 14.2 Å². The number of hydrogen-bond donors (Lipinski definition) is 0. The lowest BCUT2D eigenvalue weighted by molar-refractivity contribution is 0.414. The van der Waals surface area contributed by atoms with Gasteiger partial charge in [0, 0.05) is 33.4 Å². The normalized spacial score (nSPS) is 10.0. The van der Waals surface area contributed by atoms with Gasteiger partial charge >= 0.3 is 0 Å². The molecule has 0 fully saturated rings. The van der Waals surface area contributed by atoms with Crippen LogP contribution in [0.4, 0.5) is 0 Å². The third kappa shape index (κ3) is 5.88. The van der Waals surface area contributed by atoms with E-state index in [0.29, 0.717) is 11.8 Å². The van der Waals surface area contributed by atoms with Crippen LogP contribution in [-0.4, -0.2) is 24.4 Å². The molecule has 0 unspecified atom stereocenters. The van der Waals surface area contributed by atoms with Gasteiger partial charge in [-0.25, -0.2) is 0 Å². The molecule has 37 heavy (non-hydrogen) atoms. The molecule has 0 saturated heterocycles. The first-order valence-electron chi connectivity index (χ1n) is 11.6. The van der Waals surface area contributed by atoms with Crippen molar-refractivity contribution in [2.75, 3.05) is 14.2 Å². The molecule has 1 aromatic heterocycles. The maximum Gasteiger partial charge on any atom is 0.248 e. The zero-order valence-electron chi connectivity index (χ0n) is 20.4. The molecule has 0 radical (unpaired) electrons. The molecule has 0 saturated carbocycles. The molecule has 0 aliphatic carbocycles. The van der Waals surface area contributed by atoms with E-state index >= 15 is 0 Å². The predicted octanol–water partition coefficient (Wildman–Crippen LogP) is 6.22. The van der Waals surface area contributed by atoms with Gasteiger partial charge in [-0.3, -0.25) is 0 Å². The fraction of sp³-hybridized carbons (Fsp3) is 0.0625. The second kappa shape index (κ2) is 11.0. The minimum absolute atomic E-state index is 0.452. The fourth-order valence-corrected chi connectivity index (χ4v) is 3.49. The Hall–Kier alpha value is -5.26. The molecule has 5 aromatic rings. The van der Waals surface area contributed by atoms with Crippen LogP contribution in [0.2, 0.25) is 0 Å². The molecule has 5 heteroatoms. The lowest BCUT2D eigenvalue weighted by Gasteiger charge is -1.98. The van der Waals surface area contributed by atoms with Gasteiger partial charge in [0.1, 0.15) is 11.5 Å². The lowest BCUT2D eigenvalue weighted by atomic mass is 10.1. The third-order valence-corrected chi connectivity index (χ3v) is 5.57. The SMILES string of the molecule is COc1ccc(C#Cc2ccc(-c3nnc(-c4ccc(C#Cc5ccc(OC)cc5)cc4)o3)cc2)cc1. The summed E-state index contributed by atoms with van der Waals surface area (Å²) in [6, 6.07) is 30.7. The van der Waals surface area contributed by atoms with Crippen LogP contribution in [0, 0.1) is 23.7 Å². The van der Waals surface area contributed by atoms with Crippen LogP contribution in [0.25, 0.3) is 22.9 Å². The number of rotatable bonds is 4. The van der Waals surface area contributed by atoms with E-state index in [4.69, 9.17) is 13.9 Å². The molecular weight excluding hydrogens is 460 g/mol. The quantitative estimate of drug-likeness (QED) is 0.285. The Bertz CT molecular complexity index is 1490. The summed E-state index contributed by atoms with van der Waals surface area (Å²) < 4.78 is 16.3. The highest BCUT2D eigenvalue weighted by Crippen LogP contribution is 2.24. The van der Waals surface area contributed by atoms with Crippen LogP contribution in [0.1, 0.15) is 22.3 Å². The molecule has 0 bridgehead atoms. The van der Waals surface area contributed by atoms with Crippen molar-refractivity contribution in [2.45, 2.75) is 0 Å². The zero-order valence-corrected chi connectivity index (χ0v) is 20.4. The minimum atomic E-state index is 0.452. The first-order valence-corrected chi connectivity index (χ1v) is 11.6. The maximum atomic E-state index is 5.92. The summed E-state index contributed by atoms with van der Waals surface area (Å²) in [5.41, 5.74) is 5.29. The van der Waals surface area contributed by atoms with Crippen LogP contribution in [0.5, 0.6) is 11.5 Å². The molecule has 0 aliphatic rings. The number of nitrogens with zero attached hydrogens (tertiary/aromatic N) is 2. The summed E-state index contributed by atoms with van der Waals surface area (Å²) >= 11 is 0. The molecule has 1 heterocycles. The van der Waals surface area contributed by atoms with Gasteiger partial charge in [0.2, 0.25) is 11.8 Å². The van der Waals surface area contributed by atoms with Crippen molar-refractivity contribution in [1.29, 1.82) is 0 Å². The highest BCUT2D eigenvalue weighted by molar-refractivity contribution is 5.60. The van der Waals surface area contributed by atoms with Gasteiger partial charge in [-0.15, -0.1) is 10.2 Å². The summed E-state index contributed by atoms with van der Waals surface area (Å²) in [6.45, 7) is 0. The van der Waals surface area contributed by atoms with Crippen molar-refractivity contribution in [3.8, 4) is 58.1 Å². The van der Waals surface area contributed by atoms with Crippen molar-refractivity contribution in [3.63, 3.8) is 0 Å². The molecule has 0 spiro atoms. The summed E-state index contributed by atoms with van der Waals surface area (Å²) in [5.74, 6) is 15.2. The molecular formula is C32H22N2O3. The molecule has 4 aromatic carbocycles. The van der Waals surface area contributed by atoms with Crippen LogP contribution in [0.15, 0.2) is 101 Å². The second-order valence-corrected chi connectivity index (χ2v) is 8.02. The lowest BCUT2D eigenvalue weighted by Crippen LogP contribution is -1.82. The Morgan fingerprint density at radius 2 is 0.757 bits per heavy atom. The van der Waals surface area contributed by atoms with E-state index < -0.39 is 0 Å². The van der Waals surface area contributed by atoms with Crippen LogP contribution < -0.4 is 9.47 Å². The highest BCUT2D eigenvalue weighted by atomic mass is 16.5. The molecule has 178 valence electrons. The summed E-state index contributed by atoms with van der Waals surface area (Å²) in [6.07, 6.45) is 0. The van der Waals surface area contributed by atoms with Gasteiger partial charge in [-0.05, 0) is 97.1 Å². The Morgan fingerprint density at radius 3 is 1.05 bits per heavy atom. The molecule has 0 amide bonds. The first-order chi connectivity index (χ1) is 18.2. The fourth-order valence-electron chi connectivity index (χ4n) is 3.49. The van der Waals surface area contributed by atoms with E-state index in [9.17, 15) is 0 Å². The summed E-state index contributed by atoms with van der Waals surface area (Å²) in [7, 11) is 3.29. The van der Waals surface area contributed by atoms with E-state index in [1.807, 2.05) is 97.1 Å². The number of benzene rings is 4. The highest BCUT2D eigenvalue weighted by Gasteiger charge is 2.10. The van der Waals surface area contributed by atoms with Gasteiger partial charge in [-0.2, -0.15) is 0 Å². The minimum Gasteiger partial charge on any atom is -0.497 e. The van der Waals surface area contributed by atoms with Crippen molar-refractivity contribution in [1.82, 2.24) is 10.2 Å². The Balaban J connectivity index is 1.25.